The maximum atomic E-state index is 13.4. The molecule has 5 heteroatoms. The van der Waals surface area contributed by atoms with Gasteiger partial charge in [0.2, 0.25) is 0 Å². The van der Waals surface area contributed by atoms with Gasteiger partial charge in [-0.2, -0.15) is 0 Å². The molecule has 0 unspecified atom stereocenters. The Morgan fingerprint density at radius 1 is 0.943 bits per heavy atom. The summed E-state index contributed by atoms with van der Waals surface area (Å²) in [5.41, 5.74) is 7.84. The van der Waals surface area contributed by atoms with Crippen molar-refractivity contribution in [2.24, 2.45) is 4.99 Å². The molecule has 0 atom stereocenters. The molecule has 1 aromatic heterocycles. The van der Waals surface area contributed by atoms with Gasteiger partial charge in [-0.15, -0.1) is 0 Å². The van der Waals surface area contributed by atoms with E-state index >= 15 is 0 Å². The van der Waals surface area contributed by atoms with Crippen LogP contribution in [0.4, 0.5) is 5.69 Å². The predicted octanol–water partition coefficient (Wildman–Crippen LogP) is 7.24. The average Bonchev–Trinajstić information content (AvgIpc) is 3.30. The summed E-state index contributed by atoms with van der Waals surface area (Å²) in [4.78, 5) is 20.8. The van der Waals surface area contributed by atoms with Crippen LogP contribution in [0.25, 0.3) is 17.0 Å². The molecular formula is C30H29N3OS. The lowest BCUT2D eigenvalue weighted by Crippen LogP contribution is -2.28. The fourth-order valence-corrected chi connectivity index (χ4v) is 5.59. The molecule has 35 heavy (non-hydrogen) atoms. The van der Waals surface area contributed by atoms with Gasteiger partial charge in [0.15, 0.2) is 5.17 Å². The van der Waals surface area contributed by atoms with Crippen molar-refractivity contribution in [3.63, 3.8) is 0 Å². The van der Waals surface area contributed by atoms with E-state index in [9.17, 15) is 4.79 Å². The number of aryl methyl sites for hydroxylation is 2. The molecule has 1 aliphatic rings. The van der Waals surface area contributed by atoms with E-state index in [-0.39, 0.29) is 5.91 Å². The van der Waals surface area contributed by atoms with Crippen LogP contribution in [0.5, 0.6) is 0 Å². The molecule has 0 aliphatic carbocycles. The fourth-order valence-electron chi connectivity index (χ4n) is 4.55. The van der Waals surface area contributed by atoms with E-state index in [1.165, 1.54) is 22.8 Å². The third-order valence-corrected chi connectivity index (χ3v) is 7.53. The molecule has 4 nitrogen and oxygen atoms in total. The number of fused-ring (bicyclic) bond motifs is 1. The lowest BCUT2D eigenvalue weighted by molar-refractivity contribution is -0.122. The van der Waals surface area contributed by atoms with Crippen molar-refractivity contribution in [2.75, 3.05) is 6.54 Å². The normalized spacial score (nSPS) is 16.2. The molecular weight excluding hydrogens is 450 g/mol. The van der Waals surface area contributed by atoms with Gasteiger partial charge in [-0.1, -0.05) is 60.7 Å². The number of rotatable bonds is 5. The van der Waals surface area contributed by atoms with Crippen LogP contribution in [0.1, 0.15) is 34.9 Å². The van der Waals surface area contributed by atoms with Gasteiger partial charge in [-0.3, -0.25) is 9.69 Å². The van der Waals surface area contributed by atoms with Crippen LogP contribution >= 0.6 is 11.8 Å². The van der Waals surface area contributed by atoms with E-state index in [4.69, 9.17) is 4.99 Å². The molecule has 0 spiro atoms. The first kappa shape index (κ1) is 23.2. The van der Waals surface area contributed by atoms with Crippen molar-refractivity contribution < 1.29 is 4.79 Å². The van der Waals surface area contributed by atoms with Crippen LogP contribution in [-0.4, -0.2) is 27.1 Å². The minimum absolute atomic E-state index is 0.0147. The number of carbonyl (C=O) groups excluding carboxylic acids is 1. The lowest BCUT2D eigenvalue weighted by Gasteiger charge is -2.12. The van der Waals surface area contributed by atoms with Crippen LogP contribution in [-0.2, 0) is 11.3 Å². The number of benzene rings is 3. The van der Waals surface area contributed by atoms with Gasteiger partial charge in [0.05, 0.1) is 10.6 Å². The summed E-state index contributed by atoms with van der Waals surface area (Å²) in [6.45, 7) is 9.63. The van der Waals surface area contributed by atoms with Crippen molar-refractivity contribution in [1.29, 1.82) is 0 Å². The molecule has 1 fully saturated rings. The third kappa shape index (κ3) is 4.44. The topological polar surface area (TPSA) is 37.6 Å². The van der Waals surface area contributed by atoms with E-state index in [2.05, 4.69) is 98.1 Å². The Labute approximate surface area is 211 Å². The zero-order valence-corrected chi connectivity index (χ0v) is 21.4. The predicted molar refractivity (Wildman–Crippen MR) is 148 cm³/mol. The number of amides is 1. The number of carbonyl (C=O) groups is 1. The Morgan fingerprint density at radius 3 is 2.46 bits per heavy atom. The highest BCUT2D eigenvalue weighted by molar-refractivity contribution is 8.18. The quantitative estimate of drug-likeness (QED) is 0.283. The van der Waals surface area contributed by atoms with Gasteiger partial charge in [0.25, 0.3) is 5.91 Å². The molecule has 2 heterocycles. The van der Waals surface area contributed by atoms with Gasteiger partial charge in [0, 0.05) is 35.2 Å². The number of para-hydroxylation sites is 1. The van der Waals surface area contributed by atoms with Gasteiger partial charge in [0.1, 0.15) is 0 Å². The Balaban J connectivity index is 1.57. The Hall–Kier alpha value is -3.57. The van der Waals surface area contributed by atoms with Crippen LogP contribution in [0.15, 0.2) is 82.7 Å². The van der Waals surface area contributed by atoms with E-state index in [0.29, 0.717) is 11.4 Å². The summed E-state index contributed by atoms with van der Waals surface area (Å²) >= 11 is 1.46. The third-order valence-electron chi connectivity index (χ3n) is 6.52. The van der Waals surface area contributed by atoms with Crippen LogP contribution in [0, 0.1) is 20.8 Å². The molecule has 0 bridgehead atoms. The largest absolute Gasteiger partial charge is 0.340 e. The molecule has 1 saturated heterocycles. The van der Waals surface area contributed by atoms with E-state index in [1.807, 2.05) is 13.0 Å². The minimum atomic E-state index is 0.0147. The summed E-state index contributed by atoms with van der Waals surface area (Å²) in [5.74, 6) is 0.0147. The number of nitrogens with zero attached hydrogens (tertiary/aromatic N) is 3. The lowest BCUT2D eigenvalue weighted by atomic mass is 10.1. The monoisotopic (exact) mass is 479 g/mol. The molecule has 176 valence electrons. The first-order valence-electron chi connectivity index (χ1n) is 12.0. The summed E-state index contributed by atoms with van der Waals surface area (Å²) in [6.07, 6.45) is 2.06. The molecule has 0 N–H and O–H groups in total. The van der Waals surface area contributed by atoms with Crippen molar-refractivity contribution in [3.8, 4) is 0 Å². The van der Waals surface area contributed by atoms with Gasteiger partial charge < -0.3 is 4.57 Å². The zero-order valence-electron chi connectivity index (χ0n) is 20.6. The molecule has 1 aliphatic heterocycles. The Bertz CT molecular complexity index is 1480. The van der Waals surface area contributed by atoms with E-state index in [1.54, 1.807) is 4.90 Å². The number of aliphatic imine (C=N–C) groups is 1. The maximum Gasteiger partial charge on any atom is 0.266 e. The van der Waals surface area contributed by atoms with Crippen molar-refractivity contribution in [3.05, 3.63) is 106 Å². The molecule has 4 aromatic rings. The van der Waals surface area contributed by atoms with Gasteiger partial charge >= 0.3 is 0 Å². The molecule has 5 rings (SSSR count). The highest BCUT2D eigenvalue weighted by Crippen LogP contribution is 2.37. The summed E-state index contributed by atoms with van der Waals surface area (Å²) in [6, 6.07) is 25.2. The first-order chi connectivity index (χ1) is 17.0. The van der Waals surface area contributed by atoms with E-state index in [0.717, 1.165) is 45.2 Å². The standard InChI is InChI=1S/C30H29N3OS/c1-5-32-29(34)28(35-30(32)31-26-17-20(2)15-16-21(26)3)18-25-22(4)33(19-23-11-7-6-8-12-23)27-14-10-9-13-24(25)27/h6-18H,5,19H2,1-4H3/b28-18+,31-30?. The van der Waals surface area contributed by atoms with Crippen molar-refractivity contribution in [2.45, 2.75) is 34.2 Å². The van der Waals surface area contributed by atoms with Crippen LogP contribution < -0.4 is 0 Å². The number of thioether (sulfide) groups is 1. The van der Waals surface area contributed by atoms with Crippen molar-refractivity contribution >= 4 is 45.5 Å². The number of aromatic nitrogens is 1. The molecule has 0 saturated carbocycles. The Morgan fingerprint density at radius 2 is 1.69 bits per heavy atom. The number of hydrogen-bond donors (Lipinski definition) is 0. The van der Waals surface area contributed by atoms with E-state index < -0.39 is 0 Å². The van der Waals surface area contributed by atoms with Crippen molar-refractivity contribution in [1.82, 2.24) is 9.47 Å². The minimum Gasteiger partial charge on any atom is -0.340 e. The second kappa shape index (κ2) is 9.59. The van der Waals surface area contributed by atoms with Gasteiger partial charge in [-0.05, 0) is 74.4 Å². The second-order valence-electron chi connectivity index (χ2n) is 8.93. The van der Waals surface area contributed by atoms with Crippen LogP contribution in [0.3, 0.4) is 0 Å². The molecule has 3 aromatic carbocycles. The average molecular weight is 480 g/mol. The molecule has 0 radical (unpaired) electrons. The SMILES string of the molecule is CCN1C(=O)/C(=C\c2c(C)n(Cc3ccccc3)c3ccccc23)SC1=Nc1cc(C)ccc1C. The fraction of sp³-hybridized carbons (Fsp3) is 0.200. The first-order valence-corrected chi connectivity index (χ1v) is 12.8. The second-order valence-corrected chi connectivity index (χ2v) is 9.94. The Kier molecular flexibility index (Phi) is 6.35. The highest BCUT2D eigenvalue weighted by atomic mass is 32.2. The highest BCUT2D eigenvalue weighted by Gasteiger charge is 2.33. The summed E-state index contributed by atoms with van der Waals surface area (Å²) < 4.78 is 2.34. The maximum absolute atomic E-state index is 13.4. The van der Waals surface area contributed by atoms with Gasteiger partial charge in [-0.25, -0.2) is 4.99 Å². The number of amidine groups is 1. The number of hydrogen-bond acceptors (Lipinski definition) is 3. The molecule has 1 amide bonds. The summed E-state index contributed by atoms with van der Waals surface area (Å²) in [7, 11) is 0. The summed E-state index contributed by atoms with van der Waals surface area (Å²) in [5, 5.41) is 1.90. The zero-order chi connectivity index (χ0) is 24.5. The van der Waals surface area contributed by atoms with Crippen LogP contribution in [0.2, 0.25) is 0 Å². The smallest absolute Gasteiger partial charge is 0.266 e. The number of likely N-dealkylation sites (N-methyl/N-ethyl adjacent to an activating group) is 1.